The van der Waals surface area contributed by atoms with Crippen LogP contribution in [0.2, 0.25) is 0 Å². The van der Waals surface area contributed by atoms with E-state index >= 15 is 0 Å². The van der Waals surface area contributed by atoms with Crippen LogP contribution in [0.15, 0.2) is 12.2 Å². The van der Waals surface area contributed by atoms with Gasteiger partial charge in [0.1, 0.15) is 0 Å². The summed E-state index contributed by atoms with van der Waals surface area (Å²) in [6, 6.07) is 0. The number of hydrogen-bond donors (Lipinski definition) is 0. The van der Waals surface area contributed by atoms with Crippen LogP contribution >= 0.6 is 9.24 Å². The molecule has 0 aliphatic carbocycles. The Labute approximate surface area is 55.3 Å². The van der Waals surface area contributed by atoms with Gasteiger partial charge in [0.25, 0.3) is 0 Å². The van der Waals surface area contributed by atoms with Gasteiger partial charge in [-0.2, -0.15) is 0 Å². The van der Waals surface area contributed by atoms with Crippen molar-refractivity contribution in [3.05, 3.63) is 12.2 Å². The van der Waals surface area contributed by atoms with Gasteiger partial charge in [-0.3, -0.25) is 0 Å². The standard InChI is InChI=1S/C4H9P.Pd/c1-2-3-4-5;/h2-3H,4-5H2,1H3;. The van der Waals surface area contributed by atoms with E-state index in [9.17, 15) is 0 Å². The third-order valence-electron chi connectivity index (χ3n) is 0.372. The first-order chi connectivity index (χ1) is 2.41. The Morgan fingerprint density at radius 3 is 2.17 bits per heavy atom. The van der Waals surface area contributed by atoms with Gasteiger partial charge in [0, 0.05) is 20.4 Å². The smallest absolute Gasteiger partial charge is 0 e. The topological polar surface area (TPSA) is 0 Å². The van der Waals surface area contributed by atoms with Crippen LogP contribution in [0.5, 0.6) is 0 Å². The molecule has 0 saturated heterocycles. The van der Waals surface area contributed by atoms with E-state index in [-0.39, 0.29) is 20.4 Å². The molecule has 0 saturated carbocycles. The molecular formula is C4H9PPd. The number of rotatable bonds is 1. The van der Waals surface area contributed by atoms with Crippen LogP contribution in [0.25, 0.3) is 0 Å². The van der Waals surface area contributed by atoms with E-state index in [0.717, 1.165) is 6.16 Å². The van der Waals surface area contributed by atoms with E-state index in [1.165, 1.54) is 0 Å². The Bertz CT molecular complexity index is 34.5. The van der Waals surface area contributed by atoms with Gasteiger partial charge < -0.3 is 0 Å². The summed E-state index contributed by atoms with van der Waals surface area (Å²) >= 11 is 0. The fourth-order valence-corrected chi connectivity index (χ4v) is 0.408. The van der Waals surface area contributed by atoms with E-state index in [1.54, 1.807) is 0 Å². The maximum Gasteiger partial charge on any atom is 0 e. The second kappa shape index (κ2) is 9.27. The Morgan fingerprint density at radius 1 is 1.67 bits per heavy atom. The molecule has 0 fully saturated rings. The summed E-state index contributed by atoms with van der Waals surface area (Å²) in [4.78, 5) is 0. The van der Waals surface area contributed by atoms with Gasteiger partial charge in [0.15, 0.2) is 0 Å². The van der Waals surface area contributed by atoms with Crippen molar-refractivity contribution in [1.29, 1.82) is 0 Å². The molecule has 0 radical (unpaired) electrons. The average Bonchev–Trinajstić information content (AvgIpc) is 1.41. The molecule has 1 unspecified atom stereocenters. The van der Waals surface area contributed by atoms with Gasteiger partial charge in [-0.05, 0) is 13.1 Å². The van der Waals surface area contributed by atoms with E-state index in [0.29, 0.717) is 0 Å². The minimum Gasteiger partial charge on any atom is -0.134 e. The maximum atomic E-state index is 2.61. The summed E-state index contributed by atoms with van der Waals surface area (Å²) in [5.74, 6) is 0. The predicted molar refractivity (Wildman–Crippen MR) is 29.4 cm³/mol. The van der Waals surface area contributed by atoms with Crippen LogP contribution in [0.1, 0.15) is 6.92 Å². The Morgan fingerprint density at radius 2 is 2.17 bits per heavy atom. The summed E-state index contributed by atoms with van der Waals surface area (Å²) in [7, 11) is 2.61. The monoisotopic (exact) mass is 194 g/mol. The van der Waals surface area contributed by atoms with E-state index < -0.39 is 0 Å². The van der Waals surface area contributed by atoms with Crippen molar-refractivity contribution in [2.75, 3.05) is 6.16 Å². The van der Waals surface area contributed by atoms with Crippen LogP contribution in [-0.4, -0.2) is 6.16 Å². The molecule has 40 valence electrons. The fraction of sp³-hybridized carbons (Fsp3) is 0.500. The van der Waals surface area contributed by atoms with Crippen molar-refractivity contribution < 1.29 is 20.4 Å². The molecule has 0 rings (SSSR count). The second-order valence-electron chi connectivity index (χ2n) is 0.805. The molecule has 0 nitrogen and oxygen atoms in total. The Kier molecular flexibility index (Phi) is 15.4. The molecule has 0 heterocycles. The van der Waals surface area contributed by atoms with Crippen molar-refractivity contribution in [2.24, 2.45) is 0 Å². The molecule has 0 aliphatic heterocycles. The fourth-order valence-electron chi connectivity index (χ4n) is 0.136. The van der Waals surface area contributed by atoms with E-state index in [1.807, 2.05) is 13.0 Å². The molecule has 0 N–H and O–H groups in total. The van der Waals surface area contributed by atoms with E-state index in [2.05, 4.69) is 15.3 Å². The minimum atomic E-state index is 0. The first kappa shape index (κ1) is 9.95. The molecule has 0 bridgehead atoms. The molecule has 1 atom stereocenters. The first-order valence-corrected chi connectivity index (χ1v) is 2.54. The maximum absolute atomic E-state index is 2.61. The van der Waals surface area contributed by atoms with Crippen LogP contribution in [-0.2, 0) is 20.4 Å². The van der Waals surface area contributed by atoms with Gasteiger partial charge in [0.05, 0.1) is 0 Å². The summed E-state index contributed by atoms with van der Waals surface area (Å²) in [5.41, 5.74) is 0. The zero-order chi connectivity index (χ0) is 4.12. The Hall–Kier alpha value is 0.832. The van der Waals surface area contributed by atoms with Crippen molar-refractivity contribution in [3.63, 3.8) is 0 Å². The summed E-state index contributed by atoms with van der Waals surface area (Å²) in [5, 5.41) is 0. The average molecular weight is 195 g/mol. The molecule has 0 amide bonds. The van der Waals surface area contributed by atoms with Crippen molar-refractivity contribution >= 4 is 9.24 Å². The zero-order valence-corrected chi connectivity index (χ0v) is 6.46. The molecule has 2 heteroatoms. The van der Waals surface area contributed by atoms with Gasteiger partial charge in [-0.25, -0.2) is 0 Å². The third-order valence-corrected chi connectivity index (χ3v) is 0.644. The van der Waals surface area contributed by atoms with E-state index in [4.69, 9.17) is 0 Å². The largest absolute Gasteiger partial charge is 0.134 e. The van der Waals surface area contributed by atoms with Crippen molar-refractivity contribution in [2.45, 2.75) is 6.92 Å². The normalized spacial score (nSPS) is 8.33. The van der Waals surface area contributed by atoms with Crippen LogP contribution < -0.4 is 0 Å². The molecule has 0 aromatic carbocycles. The van der Waals surface area contributed by atoms with Gasteiger partial charge in [-0.1, -0.05) is 12.2 Å². The zero-order valence-electron chi connectivity index (χ0n) is 3.76. The molecule has 0 aromatic heterocycles. The summed E-state index contributed by atoms with van der Waals surface area (Å²) in [6.45, 7) is 2.02. The quantitative estimate of drug-likeness (QED) is 0.337. The molecule has 0 aromatic rings. The molecule has 0 spiro atoms. The molecular weight excluding hydrogens is 185 g/mol. The van der Waals surface area contributed by atoms with Crippen LogP contribution in [0.3, 0.4) is 0 Å². The first-order valence-electron chi connectivity index (χ1n) is 1.73. The summed E-state index contributed by atoms with van der Waals surface area (Å²) in [6.07, 6.45) is 5.20. The Balaban J connectivity index is 0. The molecule has 6 heavy (non-hydrogen) atoms. The van der Waals surface area contributed by atoms with Gasteiger partial charge >= 0.3 is 0 Å². The van der Waals surface area contributed by atoms with Crippen molar-refractivity contribution in [3.8, 4) is 0 Å². The van der Waals surface area contributed by atoms with Crippen LogP contribution in [0, 0.1) is 0 Å². The predicted octanol–water partition coefficient (Wildman–Crippen LogP) is 1.44. The minimum absolute atomic E-state index is 0. The molecule has 0 aliphatic rings. The van der Waals surface area contributed by atoms with Gasteiger partial charge in [-0.15, -0.1) is 9.24 Å². The summed E-state index contributed by atoms with van der Waals surface area (Å²) < 4.78 is 0. The van der Waals surface area contributed by atoms with Crippen LogP contribution in [0.4, 0.5) is 0 Å². The SMILES string of the molecule is CC=CCP.[Pd]. The number of allylic oxidation sites excluding steroid dienone is 2. The van der Waals surface area contributed by atoms with Crippen molar-refractivity contribution in [1.82, 2.24) is 0 Å². The van der Waals surface area contributed by atoms with Gasteiger partial charge in [0.2, 0.25) is 0 Å². The second-order valence-corrected chi connectivity index (χ2v) is 1.28. The third kappa shape index (κ3) is 8.85. The number of hydrogen-bond acceptors (Lipinski definition) is 0.